The minimum atomic E-state index is -3.67. The summed E-state index contributed by atoms with van der Waals surface area (Å²) in [6, 6.07) is 2.46. The highest BCUT2D eigenvalue weighted by atomic mass is 35.5. The van der Waals surface area contributed by atoms with Gasteiger partial charge in [0.2, 0.25) is 10.0 Å². The molecule has 1 N–H and O–H groups in total. The molecule has 0 amide bonds. The number of sulfonamides is 1. The van der Waals surface area contributed by atoms with Crippen LogP contribution in [-0.4, -0.2) is 19.8 Å². The number of alkyl halides is 1. The van der Waals surface area contributed by atoms with Crippen molar-refractivity contribution in [3.8, 4) is 0 Å². The monoisotopic (exact) mass is 305 g/mol. The third kappa shape index (κ3) is 2.78. The van der Waals surface area contributed by atoms with Crippen molar-refractivity contribution in [3.63, 3.8) is 0 Å². The van der Waals surface area contributed by atoms with Gasteiger partial charge in [0.15, 0.2) is 0 Å². The summed E-state index contributed by atoms with van der Waals surface area (Å²) in [6.45, 7) is 3.19. The molecule has 0 saturated heterocycles. The average molecular weight is 306 g/mol. The second-order valence-electron chi connectivity index (χ2n) is 5.24. The number of rotatable bonds is 4. The smallest absolute Gasteiger partial charge is 0.207 e. The van der Waals surface area contributed by atoms with Crippen LogP contribution in [0.1, 0.15) is 30.4 Å². The zero-order valence-electron chi connectivity index (χ0n) is 11.0. The van der Waals surface area contributed by atoms with Gasteiger partial charge in [-0.3, -0.25) is 0 Å². The Hall–Kier alpha value is -0.650. The molecule has 6 heteroatoms. The number of aryl methyl sites for hydroxylation is 2. The quantitative estimate of drug-likeness (QED) is 0.870. The first-order valence-corrected chi connectivity index (χ1v) is 8.18. The van der Waals surface area contributed by atoms with Crippen LogP contribution < -0.4 is 4.72 Å². The third-order valence-electron chi connectivity index (χ3n) is 3.61. The molecule has 3 nitrogen and oxygen atoms in total. The molecule has 0 aromatic heterocycles. The molecule has 1 fully saturated rings. The van der Waals surface area contributed by atoms with Gasteiger partial charge in [-0.25, -0.2) is 17.5 Å². The molecule has 19 heavy (non-hydrogen) atoms. The van der Waals surface area contributed by atoms with Crippen molar-refractivity contribution in [3.05, 3.63) is 29.1 Å². The summed E-state index contributed by atoms with van der Waals surface area (Å²) in [5.74, 6) is -0.171. The van der Waals surface area contributed by atoms with Crippen LogP contribution in [0.4, 0.5) is 4.39 Å². The Labute approximate surface area is 118 Å². The van der Waals surface area contributed by atoms with Gasteiger partial charge in [0.05, 0.1) is 4.90 Å². The minimum Gasteiger partial charge on any atom is -0.207 e. The number of hydrogen-bond acceptors (Lipinski definition) is 2. The lowest BCUT2D eigenvalue weighted by Gasteiger charge is -2.40. The summed E-state index contributed by atoms with van der Waals surface area (Å²) in [4.78, 5) is 0.158. The van der Waals surface area contributed by atoms with Crippen molar-refractivity contribution in [2.24, 2.45) is 0 Å². The molecule has 1 aromatic carbocycles. The van der Waals surface area contributed by atoms with Gasteiger partial charge < -0.3 is 0 Å². The second kappa shape index (κ2) is 5.04. The van der Waals surface area contributed by atoms with Gasteiger partial charge in [-0.1, -0.05) is 0 Å². The molecule has 2 rings (SSSR count). The third-order valence-corrected chi connectivity index (χ3v) is 6.01. The first-order valence-electron chi connectivity index (χ1n) is 6.16. The maximum Gasteiger partial charge on any atom is 0.241 e. The van der Waals surface area contributed by atoms with Crippen LogP contribution in [0.5, 0.6) is 0 Å². The van der Waals surface area contributed by atoms with E-state index in [0.29, 0.717) is 11.1 Å². The Morgan fingerprint density at radius 2 is 1.84 bits per heavy atom. The standard InChI is InChI=1S/C13H17ClFNO2S/c1-9-6-11(15)7-10(2)12(9)19(17,18)16-13(8-14)4-3-5-13/h6-7,16H,3-5,8H2,1-2H3. The molecule has 106 valence electrons. The Kier molecular flexibility index (Phi) is 3.91. The van der Waals surface area contributed by atoms with E-state index in [1.54, 1.807) is 13.8 Å². The molecule has 1 saturated carbocycles. The minimum absolute atomic E-state index is 0.158. The Balaban J connectivity index is 2.40. The molecule has 1 aromatic rings. The Morgan fingerprint density at radius 1 is 1.32 bits per heavy atom. The van der Waals surface area contributed by atoms with Gasteiger partial charge in [0.1, 0.15) is 5.82 Å². The van der Waals surface area contributed by atoms with E-state index in [4.69, 9.17) is 11.6 Å². The van der Waals surface area contributed by atoms with Crippen molar-refractivity contribution in [1.82, 2.24) is 4.72 Å². The zero-order chi connectivity index (χ0) is 14.3. The van der Waals surface area contributed by atoms with Crippen LogP contribution in [0.2, 0.25) is 0 Å². The van der Waals surface area contributed by atoms with E-state index in [2.05, 4.69) is 4.72 Å². The van der Waals surface area contributed by atoms with Crippen molar-refractivity contribution >= 4 is 21.6 Å². The highest BCUT2D eigenvalue weighted by Crippen LogP contribution is 2.35. The molecule has 1 aliphatic rings. The average Bonchev–Trinajstić information content (AvgIpc) is 2.21. The molecule has 0 heterocycles. The highest BCUT2D eigenvalue weighted by Gasteiger charge is 2.40. The van der Waals surface area contributed by atoms with Crippen molar-refractivity contribution in [2.75, 3.05) is 5.88 Å². The summed E-state index contributed by atoms with van der Waals surface area (Å²) < 4.78 is 40.9. The number of halogens is 2. The summed E-state index contributed by atoms with van der Waals surface area (Å²) in [7, 11) is -3.67. The van der Waals surface area contributed by atoms with Crippen LogP contribution >= 0.6 is 11.6 Å². The lowest BCUT2D eigenvalue weighted by Crippen LogP contribution is -2.55. The fourth-order valence-corrected chi connectivity index (χ4v) is 4.85. The van der Waals surface area contributed by atoms with Gasteiger partial charge in [0, 0.05) is 11.4 Å². The molecular formula is C13H17ClFNO2S. The highest BCUT2D eigenvalue weighted by molar-refractivity contribution is 7.89. The summed E-state index contributed by atoms with van der Waals surface area (Å²) in [5.41, 5.74) is 0.288. The van der Waals surface area contributed by atoms with Gasteiger partial charge >= 0.3 is 0 Å². The van der Waals surface area contributed by atoms with Crippen LogP contribution in [0, 0.1) is 19.7 Å². The van der Waals surface area contributed by atoms with E-state index >= 15 is 0 Å². The van der Waals surface area contributed by atoms with Crippen LogP contribution in [-0.2, 0) is 10.0 Å². The van der Waals surface area contributed by atoms with Crippen molar-refractivity contribution in [2.45, 2.75) is 43.5 Å². The SMILES string of the molecule is Cc1cc(F)cc(C)c1S(=O)(=O)NC1(CCl)CCC1. The second-order valence-corrected chi connectivity index (χ2v) is 7.13. The first-order chi connectivity index (χ1) is 8.80. The lowest BCUT2D eigenvalue weighted by atomic mass is 9.79. The molecule has 1 aliphatic carbocycles. The summed E-state index contributed by atoms with van der Waals surface area (Å²) >= 11 is 5.87. The topological polar surface area (TPSA) is 46.2 Å². The largest absolute Gasteiger partial charge is 0.241 e. The fourth-order valence-electron chi connectivity index (χ4n) is 2.52. The number of nitrogens with one attached hydrogen (secondary N) is 1. The van der Waals surface area contributed by atoms with Crippen LogP contribution in [0.3, 0.4) is 0 Å². The number of hydrogen-bond donors (Lipinski definition) is 1. The van der Waals surface area contributed by atoms with Gasteiger partial charge in [-0.15, -0.1) is 11.6 Å². The van der Waals surface area contributed by atoms with E-state index in [1.807, 2.05) is 0 Å². The molecule has 0 atom stereocenters. The van der Waals surface area contributed by atoms with Gasteiger partial charge in [-0.05, 0) is 56.4 Å². The molecule has 0 radical (unpaired) electrons. The number of benzene rings is 1. The first kappa shape index (κ1) is 14.8. The predicted octanol–water partition coefficient (Wildman–Crippen LogP) is 2.88. The van der Waals surface area contributed by atoms with Gasteiger partial charge in [-0.2, -0.15) is 0 Å². The van der Waals surface area contributed by atoms with Crippen molar-refractivity contribution < 1.29 is 12.8 Å². The molecule has 0 spiro atoms. The van der Waals surface area contributed by atoms with E-state index < -0.39 is 21.4 Å². The van der Waals surface area contributed by atoms with Crippen LogP contribution in [0.15, 0.2) is 17.0 Å². The zero-order valence-corrected chi connectivity index (χ0v) is 12.5. The molecular weight excluding hydrogens is 289 g/mol. The van der Waals surface area contributed by atoms with Crippen molar-refractivity contribution in [1.29, 1.82) is 0 Å². The van der Waals surface area contributed by atoms with E-state index in [1.165, 1.54) is 12.1 Å². The fraction of sp³-hybridized carbons (Fsp3) is 0.538. The Bertz CT molecular complexity index is 568. The Morgan fingerprint density at radius 3 is 2.21 bits per heavy atom. The lowest BCUT2D eigenvalue weighted by molar-refractivity contribution is 0.252. The molecule has 0 unspecified atom stereocenters. The molecule has 0 bridgehead atoms. The van der Waals surface area contributed by atoms with E-state index in [0.717, 1.165) is 19.3 Å². The maximum atomic E-state index is 13.2. The predicted molar refractivity (Wildman–Crippen MR) is 73.5 cm³/mol. The van der Waals surface area contributed by atoms with Crippen LogP contribution in [0.25, 0.3) is 0 Å². The summed E-state index contributed by atoms with van der Waals surface area (Å²) in [5, 5.41) is 0. The normalized spacial score (nSPS) is 18.1. The van der Waals surface area contributed by atoms with E-state index in [-0.39, 0.29) is 10.8 Å². The van der Waals surface area contributed by atoms with E-state index in [9.17, 15) is 12.8 Å². The summed E-state index contributed by atoms with van der Waals surface area (Å²) in [6.07, 6.45) is 2.46. The molecule has 0 aliphatic heterocycles. The maximum absolute atomic E-state index is 13.2. The van der Waals surface area contributed by atoms with Gasteiger partial charge in [0.25, 0.3) is 0 Å².